The Labute approximate surface area is 323 Å². The van der Waals surface area contributed by atoms with Gasteiger partial charge in [-0.05, 0) is 114 Å². The van der Waals surface area contributed by atoms with Crippen molar-refractivity contribution in [1.29, 1.82) is 0 Å². The van der Waals surface area contributed by atoms with Crippen LogP contribution in [0.3, 0.4) is 0 Å². The molecule has 2 aliphatic carbocycles. The quantitative estimate of drug-likeness (QED) is 0.172. The molecule has 1 nitrogen and oxygen atoms in total. The van der Waals surface area contributed by atoms with E-state index in [0.29, 0.717) is 0 Å². The van der Waals surface area contributed by atoms with E-state index < -0.39 is 0 Å². The molecular formula is C54H41N. The third kappa shape index (κ3) is 4.53. The molecule has 1 heterocycles. The number of aromatic nitrogens is 1. The Morgan fingerprint density at radius 1 is 0.345 bits per heavy atom. The van der Waals surface area contributed by atoms with Gasteiger partial charge in [-0.15, -0.1) is 0 Å². The van der Waals surface area contributed by atoms with E-state index in [0.717, 1.165) is 0 Å². The summed E-state index contributed by atoms with van der Waals surface area (Å²) in [4.78, 5) is 0. The maximum Gasteiger partial charge on any atom is 0.0547 e. The molecule has 1 aromatic heterocycles. The van der Waals surface area contributed by atoms with Crippen molar-refractivity contribution in [1.82, 2.24) is 4.57 Å². The van der Waals surface area contributed by atoms with Gasteiger partial charge in [-0.3, -0.25) is 0 Å². The van der Waals surface area contributed by atoms with Gasteiger partial charge in [-0.25, -0.2) is 0 Å². The summed E-state index contributed by atoms with van der Waals surface area (Å²) in [5, 5.41) is 2.57. The van der Waals surface area contributed by atoms with Gasteiger partial charge in [-0.2, -0.15) is 0 Å². The average molecular weight is 704 g/mol. The van der Waals surface area contributed by atoms with Gasteiger partial charge in [0, 0.05) is 27.3 Å². The first-order chi connectivity index (χ1) is 26.8. The Balaban J connectivity index is 1.06. The van der Waals surface area contributed by atoms with Crippen LogP contribution < -0.4 is 0 Å². The third-order valence-electron chi connectivity index (χ3n) is 12.8. The molecule has 262 valence electrons. The van der Waals surface area contributed by atoms with Crippen LogP contribution in [0.5, 0.6) is 0 Å². The lowest BCUT2D eigenvalue weighted by molar-refractivity contribution is 0.660. The molecule has 11 rings (SSSR count). The molecule has 0 atom stereocenters. The molecule has 9 aromatic rings. The topological polar surface area (TPSA) is 4.93 Å². The fourth-order valence-corrected chi connectivity index (χ4v) is 10.2. The summed E-state index contributed by atoms with van der Waals surface area (Å²) in [6, 6.07) is 65.6. The van der Waals surface area contributed by atoms with E-state index in [1.165, 1.54) is 105 Å². The Hall–Kier alpha value is -6.44. The molecule has 1 heteroatoms. The summed E-state index contributed by atoms with van der Waals surface area (Å²) in [5.74, 6) is 0. The van der Waals surface area contributed by atoms with Gasteiger partial charge < -0.3 is 4.57 Å². The van der Waals surface area contributed by atoms with E-state index in [2.05, 4.69) is 208 Å². The Bertz CT molecular complexity index is 3010. The van der Waals surface area contributed by atoms with Crippen LogP contribution in [0.1, 0.15) is 49.9 Å². The van der Waals surface area contributed by atoms with E-state index in [4.69, 9.17) is 0 Å². The number of nitrogens with zero attached hydrogens (tertiary/aromatic N) is 1. The third-order valence-corrected chi connectivity index (χ3v) is 12.8. The van der Waals surface area contributed by atoms with Crippen molar-refractivity contribution < 1.29 is 0 Å². The number of hydrogen-bond donors (Lipinski definition) is 0. The first-order valence-corrected chi connectivity index (χ1v) is 19.5. The molecule has 0 amide bonds. The predicted molar refractivity (Wildman–Crippen MR) is 232 cm³/mol. The second-order valence-corrected chi connectivity index (χ2v) is 16.5. The standard InChI is InChI=1S/C54H41N/c1-53(2)46-21-10-8-16-39(46)44-32-36(26-30-47(44)53)37-27-31-48-45(33-37)42-20-12-19-41(52(42)54(48,3)4)40-18-13-23-50-51(40)43-17-9-11-22-49(43)55(50)38-28-24-35(25-29-38)34-14-6-5-7-15-34/h5-33H,1-4H3. The smallest absolute Gasteiger partial charge is 0.0547 e. The van der Waals surface area contributed by atoms with Gasteiger partial charge in [0.05, 0.1) is 11.0 Å². The summed E-state index contributed by atoms with van der Waals surface area (Å²) in [5.41, 5.74) is 22.0. The largest absolute Gasteiger partial charge is 0.309 e. The van der Waals surface area contributed by atoms with Gasteiger partial charge in [0.15, 0.2) is 0 Å². The van der Waals surface area contributed by atoms with Crippen LogP contribution in [0.25, 0.3) is 83.1 Å². The molecule has 0 fully saturated rings. The SMILES string of the molecule is CC1(C)c2ccccc2-c2cc(-c3ccc4c(c3)-c3cccc(-c5cccc6c5c5ccccc5n6-c5ccc(-c6ccccc6)cc5)c3C4(C)C)ccc21. The number of fused-ring (bicyclic) bond motifs is 9. The number of hydrogen-bond acceptors (Lipinski definition) is 0. The highest BCUT2D eigenvalue weighted by Gasteiger charge is 2.39. The molecule has 0 aliphatic heterocycles. The Morgan fingerprint density at radius 3 is 1.62 bits per heavy atom. The Kier molecular flexibility index (Phi) is 6.72. The van der Waals surface area contributed by atoms with Gasteiger partial charge in [-0.1, -0.05) is 167 Å². The van der Waals surface area contributed by atoms with E-state index >= 15 is 0 Å². The molecule has 0 radical (unpaired) electrons. The summed E-state index contributed by atoms with van der Waals surface area (Å²) in [7, 11) is 0. The monoisotopic (exact) mass is 703 g/mol. The van der Waals surface area contributed by atoms with Crippen molar-refractivity contribution in [2.75, 3.05) is 0 Å². The first-order valence-electron chi connectivity index (χ1n) is 19.5. The van der Waals surface area contributed by atoms with Crippen LogP contribution >= 0.6 is 0 Å². The van der Waals surface area contributed by atoms with Crippen LogP contribution in [0.2, 0.25) is 0 Å². The van der Waals surface area contributed by atoms with Gasteiger partial charge in [0.25, 0.3) is 0 Å². The highest BCUT2D eigenvalue weighted by Crippen LogP contribution is 2.55. The maximum absolute atomic E-state index is 2.45. The van der Waals surface area contributed by atoms with Crippen LogP contribution in [-0.4, -0.2) is 4.57 Å². The van der Waals surface area contributed by atoms with E-state index in [1.54, 1.807) is 0 Å². The zero-order valence-corrected chi connectivity index (χ0v) is 31.7. The highest BCUT2D eigenvalue weighted by molar-refractivity contribution is 6.16. The van der Waals surface area contributed by atoms with E-state index in [1.807, 2.05) is 0 Å². The predicted octanol–water partition coefficient (Wildman–Crippen LogP) is 14.4. The van der Waals surface area contributed by atoms with Crippen molar-refractivity contribution >= 4 is 21.8 Å². The first kappa shape index (κ1) is 32.0. The van der Waals surface area contributed by atoms with E-state index in [-0.39, 0.29) is 10.8 Å². The lowest BCUT2D eigenvalue weighted by Gasteiger charge is -2.25. The van der Waals surface area contributed by atoms with Crippen molar-refractivity contribution in [2.24, 2.45) is 0 Å². The van der Waals surface area contributed by atoms with Crippen LogP contribution in [0.4, 0.5) is 0 Å². The summed E-state index contributed by atoms with van der Waals surface area (Å²) >= 11 is 0. The number of para-hydroxylation sites is 1. The molecule has 0 spiro atoms. The molecule has 0 N–H and O–H groups in total. The highest BCUT2D eigenvalue weighted by atomic mass is 15.0. The second kappa shape index (κ2) is 11.5. The zero-order valence-electron chi connectivity index (χ0n) is 31.7. The molecular weight excluding hydrogens is 663 g/mol. The molecule has 0 saturated carbocycles. The Morgan fingerprint density at radius 2 is 0.855 bits per heavy atom. The molecule has 2 aliphatic rings. The van der Waals surface area contributed by atoms with Crippen molar-refractivity contribution in [3.05, 3.63) is 198 Å². The van der Waals surface area contributed by atoms with Gasteiger partial charge in [0.2, 0.25) is 0 Å². The normalized spacial score (nSPS) is 14.5. The van der Waals surface area contributed by atoms with E-state index in [9.17, 15) is 0 Å². The second-order valence-electron chi connectivity index (χ2n) is 16.5. The van der Waals surface area contributed by atoms with Gasteiger partial charge >= 0.3 is 0 Å². The maximum atomic E-state index is 2.45. The number of benzene rings is 8. The van der Waals surface area contributed by atoms with Crippen LogP contribution in [0, 0.1) is 0 Å². The molecule has 8 aromatic carbocycles. The minimum absolute atomic E-state index is 0.00388. The minimum Gasteiger partial charge on any atom is -0.309 e. The van der Waals surface area contributed by atoms with Crippen molar-refractivity contribution in [3.8, 4) is 61.3 Å². The van der Waals surface area contributed by atoms with Crippen molar-refractivity contribution in [2.45, 2.75) is 38.5 Å². The minimum atomic E-state index is -0.172. The average Bonchev–Trinajstić information content (AvgIpc) is 3.78. The zero-order chi connectivity index (χ0) is 37.1. The fraction of sp³-hybridized carbons (Fsp3) is 0.111. The summed E-state index contributed by atoms with van der Waals surface area (Å²) in [6.07, 6.45) is 0. The lowest BCUT2D eigenvalue weighted by atomic mass is 9.78. The number of rotatable bonds is 4. The summed E-state index contributed by atoms with van der Waals surface area (Å²) < 4.78 is 2.44. The summed E-state index contributed by atoms with van der Waals surface area (Å²) in [6.45, 7) is 9.52. The van der Waals surface area contributed by atoms with Crippen molar-refractivity contribution in [3.63, 3.8) is 0 Å². The van der Waals surface area contributed by atoms with Crippen LogP contribution in [-0.2, 0) is 10.8 Å². The van der Waals surface area contributed by atoms with Crippen LogP contribution in [0.15, 0.2) is 176 Å². The van der Waals surface area contributed by atoms with Gasteiger partial charge in [0.1, 0.15) is 0 Å². The molecule has 55 heavy (non-hydrogen) atoms. The molecule has 0 saturated heterocycles. The lowest BCUT2D eigenvalue weighted by Crippen LogP contribution is -2.16. The fourth-order valence-electron chi connectivity index (χ4n) is 10.2. The molecule has 0 bridgehead atoms. The molecule has 0 unspecified atom stereocenters.